The van der Waals surface area contributed by atoms with Gasteiger partial charge in [0, 0.05) is 80.8 Å². The van der Waals surface area contributed by atoms with Crippen LogP contribution in [0.15, 0.2) is 170 Å². The number of nitrogens with zero attached hydrogens (tertiary/aromatic N) is 6. The molecule has 346 valence electrons. The van der Waals surface area contributed by atoms with Crippen LogP contribution in [0.1, 0.15) is 45.4 Å². The van der Waals surface area contributed by atoms with Crippen molar-refractivity contribution in [1.29, 1.82) is 0 Å². The first-order valence-corrected chi connectivity index (χ1v) is 25.9. The van der Waals surface area contributed by atoms with Crippen molar-refractivity contribution in [1.82, 2.24) is 28.6 Å². The zero-order valence-corrected chi connectivity index (χ0v) is 41.0. The summed E-state index contributed by atoms with van der Waals surface area (Å²) in [6.45, 7) is 4.36. The topological polar surface area (TPSA) is 43.8 Å². The highest BCUT2D eigenvalue weighted by molar-refractivity contribution is 6.17. The highest BCUT2D eigenvalue weighted by Crippen LogP contribution is 2.52. The molecular formula is C66H52N6. The highest BCUT2D eigenvalue weighted by Gasteiger charge is 2.42. The van der Waals surface area contributed by atoms with Crippen molar-refractivity contribution in [2.75, 3.05) is 7.05 Å². The van der Waals surface area contributed by atoms with Gasteiger partial charge < -0.3 is 4.57 Å². The lowest BCUT2D eigenvalue weighted by Crippen LogP contribution is -2.33. The third-order valence-electron chi connectivity index (χ3n) is 17.6. The number of hydrogen-bond donors (Lipinski definition) is 0. The van der Waals surface area contributed by atoms with E-state index < -0.39 is 0 Å². The summed E-state index contributed by atoms with van der Waals surface area (Å²) in [6, 6.07) is 44.9. The largest absolute Gasteiger partial charge is 0.344 e. The Kier molecular flexibility index (Phi) is 8.33. The summed E-state index contributed by atoms with van der Waals surface area (Å²) in [5.41, 5.74) is 25.3. The quantitative estimate of drug-likeness (QED) is 0.177. The monoisotopic (exact) mass is 928 g/mol. The van der Waals surface area contributed by atoms with E-state index in [0.29, 0.717) is 18.0 Å². The first-order chi connectivity index (χ1) is 35.3. The second kappa shape index (κ2) is 14.8. The van der Waals surface area contributed by atoms with Gasteiger partial charge in [-0.05, 0) is 204 Å². The number of para-hydroxylation sites is 1. The van der Waals surface area contributed by atoms with E-state index in [1.165, 1.54) is 132 Å². The molecule has 1 saturated heterocycles. The van der Waals surface area contributed by atoms with Crippen LogP contribution in [0.3, 0.4) is 0 Å². The highest BCUT2D eigenvalue weighted by atomic mass is 15.2. The van der Waals surface area contributed by atoms with E-state index in [-0.39, 0.29) is 0 Å². The van der Waals surface area contributed by atoms with Gasteiger partial charge in [-0.15, -0.1) is 0 Å². The minimum absolute atomic E-state index is 0.434. The van der Waals surface area contributed by atoms with Crippen molar-refractivity contribution in [3.05, 3.63) is 209 Å². The Morgan fingerprint density at radius 2 is 1.07 bits per heavy atom. The fraction of sp³-hybridized carbons (Fsp3) is 0.182. The molecular weight excluding hydrogens is 877 g/mol. The Morgan fingerprint density at radius 3 is 1.71 bits per heavy atom. The molecule has 6 heterocycles. The fourth-order valence-corrected chi connectivity index (χ4v) is 14.3. The predicted octanol–water partition coefficient (Wildman–Crippen LogP) is 14.6. The molecule has 4 aliphatic carbocycles. The van der Waals surface area contributed by atoms with Crippen molar-refractivity contribution in [3.63, 3.8) is 0 Å². The molecule has 6 heteroatoms. The van der Waals surface area contributed by atoms with Crippen molar-refractivity contribution < 1.29 is 0 Å². The van der Waals surface area contributed by atoms with Crippen LogP contribution in [0.25, 0.3) is 105 Å². The Morgan fingerprint density at radius 1 is 0.514 bits per heavy atom. The zero-order chi connectivity index (χ0) is 47.7. The standard InChI is InChI=1S/C66H52N6/c1-37-25-27-67-61(29-37)71-59-23-17-41(39-15-21-57-49(31-39)45-9-5-7-11-55(45)69(57)3)33-51(59)53-35-43-14-20-48-64-44(13-19-47(63(43)64)65(53)71)36-54-52-34-42(18-24-60(52)72(66(48)54)62-30-38(2)26-28-68-62)40-16-22-58-50(32-40)46-10-6-8-12-56(46)70(58)4/h5-12,15-18,21,23-36,46,56,58H,13-14,19-20,22H2,1-4H3. The van der Waals surface area contributed by atoms with Gasteiger partial charge in [0.25, 0.3) is 0 Å². The summed E-state index contributed by atoms with van der Waals surface area (Å²) in [5, 5.41) is 7.83. The van der Waals surface area contributed by atoms with Crippen LogP contribution in [-0.2, 0) is 32.7 Å². The molecule has 5 aromatic heterocycles. The lowest BCUT2D eigenvalue weighted by molar-refractivity contribution is 0.272. The maximum Gasteiger partial charge on any atom is 0.137 e. The molecule has 0 radical (unpaired) electrons. The number of fused-ring (bicyclic) bond motifs is 14. The van der Waals surface area contributed by atoms with Crippen LogP contribution >= 0.6 is 0 Å². The Labute approximate surface area is 418 Å². The lowest BCUT2D eigenvalue weighted by Gasteiger charge is -2.31. The predicted molar refractivity (Wildman–Crippen MR) is 298 cm³/mol. The molecule has 1 aliphatic heterocycles. The van der Waals surface area contributed by atoms with Gasteiger partial charge in [-0.25, -0.2) is 9.97 Å². The molecule has 6 aromatic carbocycles. The summed E-state index contributed by atoms with van der Waals surface area (Å²) in [5.74, 6) is 2.39. The van der Waals surface area contributed by atoms with Crippen molar-refractivity contribution in [3.8, 4) is 33.9 Å². The fourth-order valence-electron chi connectivity index (χ4n) is 14.3. The normalized spacial score (nSPS) is 19.0. The molecule has 16 rings (SSSR count). The summed E-state index contributed by atoms with van der Waals surface area (Å²) in [6.07, 6.45) is 23.1. The molecule has 3 unspecified atom stereocenters. The van der Waals surface area contributed by atoms with Crippen LogP contribution in [0.2, 0.25) is 0 Å². The minimum atomic E-state index is 0.434. The van der Waals surface area contributed by atoms with Gasteiger partial charge in [-0.3, -0.25) is 14.0 Å². The van der Waals surface area contributed by atoms with Crippen LogP contribution in [0.5, 0.6) is 0 Å². The Hall–Kier alpha value is -8.06. The van der Waals surface area contributed by atoms with E-state index in [1.807, 2.05) is 12.4 Å². The van der Waals surface area contributed by atoms with Crippen LogP contribution in [0.4, 0.5) is 0 Å². The molecule has 11 aromatic rings. The third kappa shape index (κ3) is 5.53. The van der Waals surface area contributed by atoms with Gasteiger partial charge in [-0.1, -0.05) is 72.9 Å². The van der Waals surface area contributed by atoms with Crippen molar-refractivity contribution >= 4 is 71.0 Å². The van der Waals surface area contributed by atoms with E-state index >= 15 is 0 Å². The van der Waals surface area contributed by atoms with Gasteiger partial charge in [0.2, 0.25) is 0 Å². The minimum Gasteiger partial charge on any atom is -0.344 e. The Bertz CT molecular complexity index is 4390. The SMILES string of the molecule is Cc1ccnc(-n2c3ccc(C4=CCC5C(=C4)C4C=CC=CC4N5C)cc3c3cc4c5c(c32)CCc2cc3c6cc(-c7ccc8c(c7)c7ccccc7n8C)ccc6n(-c6cc(C)ccn6)c3c(c2-5)CC4)c1. The van der Waals surface area contributed by atoms with Crippen LogP contribution in [0, 0.1) is 19.8 Å². The average Bonchev–Trinajstić information content (AvgIpc) is 4.11. The van der Waals surface area contributed by atoms with Gasteiger partial charge in [0.1, 0.15) is 11.6 Å². The first-order valence-electron chi connectivity index (χ1n) is 25.9. The van der Waals surface area contributed by atoms with Crippen LogP contribution < -0.4 is 0 Å². The van der Waals surface area contributed by atoms with Gasteiger partial charge in [-0.2, -0.15) is 0 Å². The summed E-state index contributed by atoms with van der Waals surface area (Å²) in [4.78, 5) is 12.8. The molecule has 72 heavy (non-hydrogen) atoms. The van der Waals surface area contributed by atoms with E-state index in [1.54, 1.807) is 5.57 Å². The second-order valence-electron chi connectivity index (χ2n) is 21.4. The summed E-state index contributed by atoms with van der Waals surface area (Å²) < 4.78 is 7.30. The third-order valence-corrected chi connectivity index (χ3v) is 17.6. The lowest BCUT2D eigenvalue weighted by atomic mass is 9.74. The molecule has 5 aliphatic rings. The summed E-state index contributed by atoms with van der Waals surface area (Å²) in [7, 11) is 4.48. The first kappa shape index (κ1) is 40.6. The van der Waals surface area contributed by atoms with Crippen molar-refractivity contribution in [2.45, 2.75) is 58.0 Å². The van der Waals surface area contributed by atoms with E-state index in [9.17, 15) is 0 Å². The number of rotatable bonds is 4. The number of allylic oxidation sites excluding steroid dienone is 4. The molecule has 0 N–H and O–H groups in total. The number of benzene rings is 6. The average molecular weight is 929 g/mol. The summed E-state index contributed by atoms with van der Waals surface area (Å²) >= 11 is 0. The molecule has 0 spiro atoms. The maximum atomic E-state index is 5.11. The van der Waals surface area contributed by atoms with E-state index in [2.05, 4.69) is 198 Å². The van der Waals surface area contributed by atoms with Crippen molar-refractivity contribution in [2.24, 2.45) is 13.0 Å². The van der Waals surface area contributed by atoms with Gasteiger partial charge >= 0.3 is 0 Å². The molecule has 1 fully saturated rings. The molecule has 0 bridgehead atoms. The number of hydrogen-bond acceptors (Lipinski definition) is 3. The number of likely N-dealkylation sites (N-methyl/N-ethyl adjacent to an activating group) is 1. The Balaban J connectivity index is 0.913. The molecule has 3 atom stereocenters. The number of pyridine rings is 2. The smallest absolute Gasteiger partial charge is 0.137 e. The molecule has 0 amide bonds. The second-order valence-corrected chi connectivity index (χ2v) is 21.4. The van der Waals surface area contributed by atoms with Gasteiger partial charge in [0.15, 0.2) is 0 Å². The molecule has 0 saturated carbocycles. The zero-order valence-electron chi connectivity index (χ0n) is 41.0. The number of likely N-dealkylation sites (tertiary alicyclic amines) is 1. The van der Waals surface area contributed by atoms with E-state index in [4.69, 9.17) is 9.97 Å². The van der Waals surface area contributed by atoms with Crippen LogP contribution in [-0.4, -0.2) is 47.7 Å². The van der Waals surface area contributed by atoms with Gasteiger partial charge in [0.05, 0.1) is 22.1 Å². The maximum absolute atomic E-state index is 5.11. The van der Waals surface area contributed by atoms with E-state index in [0.717, 1.165) is 43.7 Å². The number of aromatic nitrogens is 5. The number of aryl methyl sites for hydroxylation is 7. The molecule has 6 nitrogen and oxygen atoms in total.